The van der Waals surface area contributed by atoms with Crippen LogP contribution in [0.2, 0.25) is 10.0 Å². The van der Waals surface area contributed by atoms with E-state index in [0.717, 1.165) is 0 Å². The Morgan fingerprint density at radius 3 is 2.60 bits per heavy atom. The molecule has 1 amide bonds. The number of benzene rings is 2. The van der Waals surface area contributed by atoms with Crippen molar-refractivity contribution in [3.8, 4) is 5.75 Å². The van der Waals surface area contributed by atoms with Crippen LogP contribution in [0.5, 0.6) is 5.75 Å². The molecule has 1 N–H and O–H groups in total. The number of hydrogen-bond donors (Lipinski definition) is 1. The first kappa shape index (κ1) is 14.7. The second-order valence-electron chi connectivity index (χ2n) is 4.19. The lowest BCUT2D eigenvalue weighted by Gasteiger charge is -2.15. The summed E-state index contributed by atoms with van der Waals surface area (Å²) in [6.45, 7) is 1.66. The van der Waals surface area contributed by atoms with E-state index in [4.69, 9.17) is 27.9 Å². The third-order valence-electron chi connectivity index (χ3n) is 2.61. The van der Waals surface area contributed by atoms with E-state index >= 15 is 0 Å². The van der Waals surface area contributed by atoms with Gasteiger partial charge in [-0.15, -0.1) is 0 Å². The van der Waals surface area contributed by atoms with Gasteiger partial charge in [0, 0.05) is 5.02 Å². The molecule has 0 radical (unpaired) electrons. The largest absolute Gasteiger partial charge is 0.481 e. The van der Waals surface area contributed by atoms with Crippen molar-refractivity contribution in [1.29, 1.82) is 0 Å². The number of halogens is 2. The molecule has 0 spiro atoms. The van der Waals surface area contributed by atoms with Gasteiger partial charge in [-0.05, 0) is 37.3 Å². The maximum atomic E-state index is 12.0. The highest BCUT2D eigenvalue weighted by atomic mass is 35.5. The second-order valence-corrected chi connectivity index (χ2v) is 5.03. The van der Waals surface area contributed by atoms with Crippen LogP contribution in [-0.2, 0) is 4.79 Å². The predicted octanol–water partition coefficient (Wildman–Crippen LogP) is 4.40. The molecule has 0 aromatic heterocycles. The fourth-order valence-electron chi connectivity index (χ4n) is 1.59. The molecule has 2 aromatic rings. The summed E-state index contributed by atoms with van der Waals surface area (Å²) < 4.78 is 5.53. The molecule has 104 valence electrons. The van der Waals surface area contributed by atoms with Crippen molar-refractivity contribution in [3.05, 3.63) is 58.6 Å². The molecule has 2 aromatic carbocycles. The van der Waals surface area contributed by atoms with Gasteiger partial charge < -0.3 is 10.1 Å². The minimum absolute atomic E-state index is 0.280. The van der Waals surface area contributed by atoms with Gasteiger partial charge in [-0.1, -0.05) is 41.4 Å². The molecule has 20 heavy (non-hydrogen) atoms. The lowest BCUT2D eigenvalue weighted by Crippen LogP contribution is -2.30. The van der Waals surface area contributed by atoms with Gasteiger partial charge in [-0.2, -0.15) is 0 Å². The summed E-state index contributed by atoms with van der Waals surface area (Å²) in [7, 11) is 0. The molecule has 1 unspecified atom stereocenters. The topological polar surface area (TPSA) is 38.3 Å². The third-order valence-corrected chi connectivity index (χ3v) is 3.17. The monoisotopic (exact) mass is 309 g/mol. The Morgan fingerprint density at radius 1 is 1.15 bits per heavy atom. The molecule has 0 fully saturated rings. The molecule has 0 saturated heterocycles. The van der Waals surface area contributed by atoms with Gasteiger partial charge in [0.05, 0.1) is 10.7 Å². The summed E-state index contributed by atoms with van der Waals surface area (Å²) in [6, 6.07) is 13.9. The van der Waals surface area contributed by atoms with E-state index in [1.165, 1.54) is 0 Å². The number of hydrogen-bond acceptors (Lipinski definition) is 2. The van der Waals surface area contributed by atoms with Crippen LogP contribution >= 0.6 is 23.2 Å². The maximum absolute atomic E-state index is 12.0. The molecule has 0 aliphatic carbocycles. The number of amides is 1. The first-order valence-corrected chi connectivity index (χ1v) is 6.79. The van der Waals surface area contributed by atoms with Gasteiger partial charge in [-0.25, -0.2) is 0 Å². The predicted molar refractivity (Wildman–Crippen MR) is 81.6 cm³/mol. The number of nitrogens with one attached hydrogen (secondary N) is 1. The minimum atomic E-state index is -0.662. The van der Waals surface area contributed by atoms with Crippen LogP contribution in [0.1, 0.15) is 6.92 Å². The Balaban J connectivity index is 2.01. The Hall–Kier alpha value is -1.71. The SMILES string of the molecule is CC(Oc1cccc(Cl)c1)C(=O)Nc1ccccc1Cl. The number of carbonyl (C=O) groups excluding carboxylic acids is 1. The van der Waals surface area contributed by atoms with Crippen molar-refractivity contribution in [2.75, 3.05) is 5.32 Å². The molecule has 0 heterocycles. The molecule has 5 heteroatoms. The van der Waals surface area contributed by atoms with Crippen LogP contribution in [0.15, 0.2) is 48.5 Å². The molecule has 1 atom stereocenters. The normalized spacial score (nSPS) is 11.8. The highest BCUT2D eigenvalue weighted by Gasteiger charge is 2.15. The number of rotatable bonds is 4. The summed E-state index contributed by atoms with van der Waals surface area (Å²) in [4.78, 5) is 12.0. The summed E-state index contributed by atoms with van der Waals surface area (Å²) >= 11 is 11.8. The standard InChI is InChI=1S/C15H13Cl2NO2/c1-10(20-12-6-4-5-11(16)9-12)15(19)18-14-8-3-2-7-13(14)17/h2-10H,1H3,(H,18,19). The Kier molecular flexibility index (Phi) is 4.88. The highest BCUT2D eigenvalue weighted by Crippen LogP contribution is 2.22. The molecule has 3 nitrogen and oxygen atoms in total. The quantitative estimate of drug-likeness (QED) is 0.909. The molecule has 0 saturated carbocycles. The summed E-state index contributed by atoms with van der Waals surface area (Å²) in [6.07, 6.45) is -0.662. The average molecular weight is 310 g/mol. The lowest BCUT2D eigenvalue weighted by atomic mass is 10.3. The zero-order valence-electron chi connectivity index (χ0n) is 10.8. The first-order chi connectivity index (χ1) is 9.56. The maximum Gasteiger partial charge on any atom is 0.265 e. The highest BCUT2D eigenvalue weighted by molar-refractivity contribution is 6.33. The fraction of sp³-hybridized carbons (Fsp3) is 0.133. The van der Waals surface area contributed by atoms with Crippen molar-refractivity contribution in [2.24, 2.45) is 0 Å². The summed E-state index contributed by atoms with van der Waals surface area (Å²) in [5.41, 5.74) is 0.556. The zero-order chi connectivity index (χ0) is 14.5. The molecule has 0 aliphatic rings. The molecule has 2 rings (SSSR count). The van der Waals surface area contributed by atoms with Gasteiger partial charge >= 0.3 is 0 Å². The van der Waals surface area contributed by atoms with Gasteiger partial charge in [-0.3, -0.25) is 4.79 Å². The molecule has 0 bridgehead atoms. The van der Waals surface area contributed by atoms with E-state index in [0.29, 0.717) is 21.5 Å². The Bertz CT molecular complexity index is 616. The Labute approximate surface area is 127 Å². The smallest absolute Gasteiger partial charge is 0.265 e. The van der Waals surface area contributed by atoms with Gasteiger partial charge in [0.2, 0.25) is 0 Å². The van der Waals surface area contributed by atoms with E-state index in [-0.39, 0.29) is 5.91 Å². The van der Waals surface area contributed by atoms with Gasteiger partial charge in [0.1, 0.15) is 5.75 Å². The van der Waals surface area contributed by atoms with Crippen molar-refractivity contribution < 1.29 is 9.53 Å². The third kappa shape index (κ3) is 3.89. The van der Waals surface area contributed by atoms with Crippen LogP contribution in [0.3, 0.4) is 0 Å². The molecule has 0 aliphatic heterocycles. The lowest BCUT2D eigenvalue weighted by molar-refractivity contribution is -0.122. The van der Waals surface area contributed by atoms with Crippen molar-refractivity contribution in [3.63, 3.8) is 0 Å². The molecular weight excluding hydrogens is 297 g/mol. The second kappa shape index (κ2) is 6.64. The van der Waals surface area contributed by atoms with E-state index in [1.807, 2.05) is 0 Å². The van der Waals surface area contributed by atoms with Gasteiger partial charge in [0.25, 0.3) is 5.91 Å². The van der Waals surface area contributed by atoms with Crippen LogP contribution in [-0.4, -0.2) is 12.0 Å². The van der Waals surface area contributed by atoms with E-state index in [2.05, 4.69) is 5.32 Å². The van der Waals surface area contributed by atoms with E-state index in [9.17, 15) is 4.79 Å². The summed E-state index contributed by atoms with van der Waals surface area (Å²) in [5, 5.41) is 3.75. The van der Waals surface area contributed by atoms with Crippen molar-refractivity contribution in [2.45, 2.75) is 13.0 Å². The number of carbonyl (C=O) groups is 1. The van der Waals surface area contributed by atoms with Crippen LogP contribution in [0, 0.1) is 0 Å². The van der Waals surface area contributed by atoms with Crippen molar-refractivity contribution in [1.82, 2.24) is 0 Å². The summed E-state index contributed by atoms with van der Waals surface area (Å²) in [5.74, 6) is 0.261. The minimum Gasteiger partial charge on any atom is -0.481 e. The number of para-hydroxylation sites is 1. The Morgan fingerprint density at radius 2 is 1.90 bits per heavy atom. The van der Waals surface area contributed by atoms with E-state index < -0.39 is 6.10 Å². The van der Waals surface area contributed by atoms with Crippen LogP contribution < -0.4 is 10.1 Å². The van der Waals surface area contributed by atoms with Crippen molar-refractivity contribution >= 4 is 34.8 Å². The fourth-order valence-corrected chi connectivity index (χ4v) is 1.96. The molecular formula is C15H13Cl2NO2. The van der Waals surface area contributed by atoms with Gasteiger partial charge in [0.15, 0.2) is 6.10 Å². The number of anilines is 1. The number of ether oxygens (including phenoxy) is 1. The van der Waals surface area contributed by atoms with E-state index in [1.54, 1.807) is 55.5 Å². The average Bonchev–Trinajstić information content (AvgIpc) is 2.41. The zero-order valence-corrected chi connectivity index (χ0v) is 12.3. The first-order valence-electron chi connectivity index (χ1n) is 6.04. The van der Waals surface area contributed by atoms with Crippen LogP contribution in [0.4, 0.5) is 5.69 Å². The van der Waals surface area contributed by atoms with Crippen LogP contribution in [0.25, 0.3) is 0 Å².